The average Bonchev–Trinajstić information content (AvgIpc) is 3.13. The second-order valence-electron chi connectivity index (χ2n) is 11.1. The normalized spacial score (nSPS) is 10.7. The van der Waals surface area contributed by atoms with E-state index in [1.54, 1.807) is 54.6 Å². The maximum atomic E-state index is 10.9. The summed E-state index contributed by atoms with van der Waals surface area (Å²) < 4.78 is 63.2. The number of anilines is 3. The fraction of sp³-hybridized carbons (Fsp3) is 0.0606. The molecule has 0 spiro atoms. The van der Waals surface area contributed by atoms with Crippen LogP contribution in [0.3, 0.4) is 0 Å². The Hall–Kier alpha value is -7.15. The third kappa shape index (κ3) is 25.9. The molecule has 338 valence electrons. The summed E-state index contributed by atoms with van der Waals surface area (Å²) in [6.07, 6.45) is -2.54. The number of aromatic amines is 3. The maximum Gasteiger partial charge on any atom is 0.394 e. The van der Waals surface area contributed by atoms with Crippen LogP contribution in [-0.4, -0.2) is 103 Å². The van der Waals surface area contributed by atoms with Crippen molar-refractivity contribution in [2.75, 3.05) is 17.2 Å². The zero-order valence-electron chi connectivity index (χ0n) is 31.3. The molecule has 63 heavy (non-hydrogen) atoms. The molecule has 0 saturated carbocycles. The standard InChI is InChI=1S/C8H4Cl2N2.C8H7N3O.C8H6N2O2.C5H7N3.C4H6O5.2H2O4S/c9-6-3-1-5-2-4-7(10)12-8(5)11-6;9-6-3-1-5-2-4-7(12)11-8(5)10-6;11-6-3-1-5-2-4-7(12)10-8(5)9-6;6-4-2-1-3-5(7)8-4;5-2(4(8)9)1-3(6)7;2*1-5(2,3)4/h1-4H;1-4H,(H3,9,10,11,12);1-4H,(H2,9,10,11,12);1-3H,(H4,6,7,8);2,5H,1H2,(H,6,7)(H,8,9);2*(H2,1,2,3,4). The molecule has 0 amide bonds. The Bertz CT molecular complexity index is 2900. The molecule has 0 saturated heterocycles. The number of aliphatic hydroxyl groups excluding tert-OH is 1. The zero-order chi connectivity index (χ0) is 48.1. The number of aliphatic carboxylic acids is 2. The van der Waals surface area contributed by atoms with Gasteiger partial charge in [-0.15, -0.1) is 0 Å². The van der Waals surface area contributed by atoms with Crippen LogP contribution in [0.1, 0.15) is 6.42 Å². The molecule has 7 heterocycles. The average molecular weight is 962 g/mol. The monoisotopic (exact) mass is 960 g/mol. The molecule has 1 unspecified atom stereocenters. The number of rotatable bonds is 3. The number of pyridine rings is 7. The highest BCUT2D eigenvalue weighted by atomic mass is 35.5. The van der Waals surface area contributed by atoms with E-state index in [2.05, 4.69) is 34.9 Å². The lowest BCUT2D eigenvalue weighted by molar-refractivity contribution is -0.152. The smallest absolute Gasteiger partial charge is 0.394 e. The van der Waals surface area contributed by atoms with Gasteiger partial charge in [0.1, 0.15) is 39.1 Å². The number of carbonyl (C=O) groups is 2. The molecule has 0 radical (unpaired) electrons. The van der Waals surface area contributed by atoms with Gasteiger partial charge in [0, 0.05) is 34.4 Å². The lowest BCUT2D eigenvalue weighted by Crippen LogP contribution is -2.22. The quantitative estimate of drug-likeness (QED) is 0.0881. The number of H-pyrrole nitrogens is 3. The molecular weight excluding hydrogens is 927 g/mol. The van der Waals surface area contributed by atoms with Gasteiger partial charge in [0.05, 0.1) is 6.42 Å². The number of carboxylic acids is 2. The van der Waals surface area contributed by atoms with Crippen molar-refractivity contribution in [2.24, 2.45) is 0 Å². The fourth-order valence-electron chi connectivity index (χ4n) is 3.78. The van der Waals surface area contributed by atoms with Gasteiger partial charge in [-0.3, -0.25) is 37.4 Å². The van der Waals surface area contributed by atoms with Crippen molar-refractivity contribution < 1.29 is 60.0 Å². The highest BCUT2D eigenvalue weighted by Crippen LogP contribution is 2.16. The molecule has 7 aromatic heterocycles. The minimum atomic E-state index is -4.67. The largest absolute Gasteiger partial charge is 0.481 e. The second-order valence-corrected chi connectivity index (χ2v) is 13.7. The van der Waals surface area contributed by atoms with Gasteiger partial charge in [-0.05, 0) is 66.7 Å². The molecule has 0 aliphatic rings. The lowest BCUT2D eigenvalue weighted by atomic mass is 10.3. The van der Waals surface area contributed by atoms with Gasteiger partial charge in [0.2, 0.25) is 16.7 Å². The van der Waals surface area contributed by atoms with Crippen LogP contribution in [0.25, 0.3) is 33.1 Å². The van der Waals surface area contributed by atoms with E-state index in [-0.39, 0.29) is 16.7 Å². The Labute approximate surface area is 362 Å². The number of hydrogen-bond donors (Lipinski definition) is 13. The number of nitrogens with two attached hydrogens (primary N) is 3. The van der Waals surface area contributed by atoms with Crippen LogP contribution in [0.2, 0.25) is 10.3 Å². The zero-order valence-corrected chi connectivity index (χ0v) is 34.5. The summed E-state index contributed by atoms with van der Waals surface area (Å²) in [5, 5.41) is 27.6. The first-order valence-corrected chi connectivity index (χ1v) is 19.7. The first-order chi connectivity index (χ1) is 29.1. The summed E-state index contributed by atoms with van der Waals surface area (Å²) in [5.41, 5.74) is 16.9. The molecule has 26 nitrogen and oxygen atoms in total. The topological polar surface area (TPSA) is 472 Å². The van der Waals surface area contributed by atoms with E-state index in [1.807, 2.05) is 18.2 Å². The van der Waals surface area contributed by atoms with Crippen LogP contribution in [0, 0.1) is 0 Å². The third-order valence-electron chi connectivity index (χ3n) is 6.15. The van der Waals surface area contributed by atoms with E-state index < -0.39 is 45.3 Å². The summed E-state index contributed by atoms with van der Waals surface area (Å²) in [6, 6.07) is 25.1. The van der Waals surface area contributed by atoms with Crippen molar-refractivity contribution in [2.45, 2.75) is 12.5 Å². The van der Waals surface area contributed by atoms with Crippen LogP contribution < -0.4 is 33.9 Å². The van der Waals surface area contributed by atoms with E-state index in [9.17, 15) is 24.0 Å². The van der Waals surface area contributed by atoms with E-state index in [0.29, 0.717) is 44.7 Å². The second kappa shape index (κ2) is 25.6. The van der Waals surface area contributed by atoms with Crippen LogP contribution >= 0.6 is 23.2 Å². The van der Waals surface area contributed by atoms with Crippen LogP contribution in [-0.2, 0) is 30.4 Å². The summed E-state index contributed by atoms with van der Waals surface area (Å²) in [7, 11) is -9.33. The number of carboxylic acid groups (broad SMARTS) is 2. The predicted octanol–water partition coefficient (Wildman–Crippen LogP) is 1.51. The minimum Gasteiger partial charge on any atom is -0.481 e. The molecule has 7 aromatic rings. The predicted molar refractivity (Wildman–Crippen MR) is 229 cm³/mol. The molecule has 0 aliphatic carbocycles. The first-order valence-electron chi connectivity index (χ1n) is 16.2. The summed E-state index contributed by atoms with van der Waals surface area (Å²) in [4.78, 5) is 75.2. The van der Waals surface area contributed by atoms with Crippen molar-refractivity contribution in [3.05, 3.63) is 132 Å². The Morgan fingerprint density at radius 1 is 0.571 bits per heavy atom. The Morgan fingerprint density at radius 3 is 1.33 bits per heavy atom. The van der Waals surface area contributed by atoms with Crippen molar-refractivity contribution in [3.63, 3.8) is 0 Å². The Morgan fingerprint density at radius 2 is 0.952 bits per heavy atom. The van der Waals surface area contributed by atoms with Crippen LogP contribution in [0.5, 0.6) is 0 Å². The maximum absolute atomic E-state index is 10.9. The van der Waals surface area contributed by atoms with Crippen molar-refractivity contribution in [1.29, 1.82) is 0 Å². The Kier molecular flexibility index (Phi) is 21.9. The molecule has 7 rings (SSSR count). The van der Waals surface area contributed by atoms with Gasteiger partial charge in [-0.2, -0.15) is 16.8 Å². The molecule has 30 heteroatoms. The molecule has 0 fully saturated rings. The highest BCUT2D eigenvalue weighted by molar-refractivity contribution is 7.80. The van der Waals surface area contributed by atoms with Gasteiger partial charge in [-0.25, -0.2) is 24.7 Å². The number of hydrogen-bond acceptors (Lipinski definition) is 17. The molecule has 0 aromatic carbocycles. The number of nitrogens with one attached hydrogen (secondary N) is 3. The van der Waals surface area contributed by atoms with Gasteiger partial charge < -0.3 is 47.5 Å². The highest BCUT2D eigenvalue weighted by Gasteiger charge is 2.16. The number of aliphatic hydroxyl groups is 1. The van der Waals surface area contributed by atoms with Gasteiger partial charge in [0.25, 0.3) is 0 Å². The summed E-state index contributed by atoms with van der Waals surface area (Å²) in [5.74, 6) is -1.51. The summed E-state index contributed by atoms with van der Waals surface area (Å²) in [6.45, 7) is 0. The molecule has 0 bridgehead atoms. The third-order valence-corrected chi connectivity index (χ3v) is 6.57. The van der Waals surface area contributed by atoms with Gasteiger partial charge in [0.15, 0.2) is 11.8 Å². The molecular formula is C33H34Cl2N10O16S2. The van der Waals surface area contributed by atoms with Crippen LogP contribution in [0.4, 0.5) is 17.5 Å². The molecule has 1 atom stereocenters. The van der Waals surface area contributed by atoms with E-state index in [1.165, 1.54) is 18.2 Å². The van der Waals surface area contributed by atoms with Crippen molar-refractivity contribution in [3.8, 4) is 0 Å². The number of halogens is 2. The van der Waals surface area contributed by atoms with Crippen LogP contribution in [0.15, 0.2) is 105 Å². The van der Waals surface area contributed by atoms with Crippen molar-refractivity contribution >= 4 is 106 Å². The van der Waals surface area contributed by atoms with E-state index in [4.69, 9.17) is 90.8 Å². The SMILES string of the molecule is Clc1ccc2ccc(Cl)nc2n1.Nc1ccc2ccc(=O)[nH]c2n1.Nc1cccc(N)n1.O=C(O)CC(O)C(=O)O.O=S(=O)(O)O.O=S(=O)(O)O.O=c1ccc2ccc(=O)[nH]c2[nH]1. The molecule has 0 aliphatic heterocycles. The van der Waals surface area contributed by atoms with Crippen molar-refractivity contribution in [1.82, 2.24) is 34.9 Å². The summed E-state index contributed by atoms with van der Waals surface area (Å²) >= 11 is 11.4. The molecule has 16 N–H and O–H groups in total. The number of nitrogen functional groups attached to an aromatic ring is 3. The fourth-order valence-corrected chi connectivity index (χ4v) is 4.06. The van der Waals surface area contributed by atoms with E-state index in [0.717, 1.165) is 16.2 Å². The van der Waals surface area contributed by atoms with Gasteiger partial charge >= 0.3 is 32.7 Å². The lowest BCUT2D eigenvalue weighted by Gasteiger charge is -1.97. The van der Waals surface area contributed by atoms with Gasteiger partial charge in [-0.1, -0.05) is 29.3 Å². The number of fused-ring (bicyclic) bond motifs is 3. The minimum absolute atomic E-state index is 0.166. The Balaban J connectivity index is 0.000000377. The number of aromatic nitrogens is 7. The van der Waals surface area contributed by atoms with E-state index >= 15 is 0 Å². The first kappa shape index (κ1) is 53.9. The number of nitrogens with zero attached hydrogens (tertiary/aromatic N) is 4.